The Bertz CT molecular complexity index is 831. The standard InChI is InChI=1S/C23H33N3O7/c1-15(2)20(31-16(3)27)21(28)26-13-8-10-19(26)22(29)32-17(4)33-23(30)25(5)14-11-18-9-6-7-12-24-18/h6-7,9,12,15,17,19-20H,8,10-11,13-14H2,1-5H3/t17?,19?,20-/m0/s1. The van der Waals surface area contributed by atoms with E-state index in [0.29, 0.717) is 32.4 Å². The predicted octanol–water partition coefficient (Wildman–Crippen LogP) is 2.16. The molecule has 182 valence electrons. The first-order valence-corrected chi connectivity index (χ1v) is 11.1. The first-order valence-electron chi connectivity index (χ1n) is 11.1. The molecule has 10 nitrogen and oxygen atoms in total. The summed E-state index contributed by atoms with van der Waals surface area (Å²) in [6.45, 7) is 6.95. The number of hydrogen-bond donors (Lipinski definition) is 0. The van der Waals surface area contributed by atoms with Crippen LogP contribution in [0, 0.1) is 5.92 Å². The molecular weight excluding hydrogens is 430 g/mol. The van der Waals surface area contributed by atoms with E-state index < -0.39 is 42.4 Å². The number of likely N-dealkylation sites (N-methyl/N-ethyl adjacent to an activating group) is 1. The summed E-state index contributed by atoms with van der Waals surface area (Å²) in [4.78, 5) is 56.3. The summed E-state index contributed by atoms with van der Waals surface area (Å²) >= 11 is 0. The SMILES string of the molecule is CC(=O)O[C@H](C(=O)N1CCCC1C(=O)OC(C)OC(=O)N(C)CCc1ccccn1)C(C)C. The van der Waals surface area contributed by atoms with Crippen molar-refractivity contribution >= 4 is 23.9 Å². The minimum atomic E-state index is -1.13. The number of rotatable bonds is 9. The van der Waals surface area contributed by atoms with Gasteiger partial charge in [0.2, 0.25) is 6.29 Å². The number of aromatic nitrogens is 1. The van der Waals surface area contributed by atoms with Crippen LogP contribution in [0.1, 0.15) is 46.2 Å². The van der Waals surface area contributed by atoms with Gasteiger partial charge in [-0.1, -0.05) is 19.9 Å². The molecule has 2 amide bonds. The van der Waals surface area contributed by atoms with Gasteiger partial charge < -0.3 is 24.0 Å². The van der Waals surface area contributed by atoms with Crippen LogP contribution < -0.4 is 0 Å². The third-order valence-corrected chi connectivity index (χ3v) is 5.24. The highest BCUT2D eigenvalue weighted by Gasteiger charge is 2.40. The lowest BCUT2D eigenvalue weighted by Gasteiger charge is -2.29. The fourth-order valence-corrected chi connectivity index (χ4v) is 3.51. The van der Waals surface area contributed by atoms with E-state index in [2.05, 4.69) is 4.98 Å². The minimum Gasteiger partial charge on any atom is -0.452 e. The molecule has 1 aromatic heterocycles. The first-order chi connectivity index (χ1) is 15.6. The number of esters is 2. The molecule has 0 bridgehead atoms. The van der Waals surface area contributed by atoms with Gasteiger partial charge in [0.05, 0.1) is 0 Å². The van der Waals surface area contributed by atoms with Crippen LogP contribution in [0.15, 0.2) is 24.4 Å². The highest BCUT2D eigenvalue weighted by molar-refractivity contribution is 5.89. The fraction of sp³-hybridized carbons (Fsp3) is 0.609. The lowest BCUT2D eigenvalue weighted by Crippen LogP contribution is -2.49. The van der Waals surface area contributed by atoms with Gasteiger partial charge in [-0.05, 0) is 30.9 Å². The maximum Gasteiger partial charge on any atom is 0.412 e. The van der Waals surface area contributed by atoms with Gasteiger partial charge in [-0.15, -0.1) is 0 Å². The van der Waals surface area contributed by atoms with Crippen LogP contribution in [-0.4, -0.2) is 77.3 Å². The molecule has 3 atom stereocenters. The third-order valence-electron chi connectivity index (χ3n) is 5.24. The third kappa shape index (κ3) is 7.73. The van der Waals surface area contributed by atoms with Crippen LogP contribution in [0.4, 0.5) is 4.79 Å². The number of hydrogen-bond acceptors (Lipinski definition) is 8. The van der Waals surface area contributed by atoms with Crippen molar-refractivity contribution in [1.82, 2.24) is 14.8 Å². The number of pyridine rings is 1. The van der Waals surface area contributed by atoms with Crippen molar-refractivity contribution in [3.8, 4) is 0 Å². The van der Waals surface area contributed by atoms with E-state index in [-0.39, 0.29) is 5.92 Å². The molecule has 2 unspecified atom stereocenters. The van der Waals surface area contributed by atoms with Gasteiger partial charge in [0, 0.05) is 52.3 Å². The summed E-state index contributed by atoms with van der Waals surface area (Å²) in [7, 11) is 1.58. The average Bonchev–Trinajstić information content (AvgIpc) is 3.25. The number of carbonyl (C=O) groups is 4. The quantitative estimate of drug-likeness (QED) is 0.404. The molecular formula is C23H33N3O7. The molecule has 1 fully saturated rings. The highest BCUT2D eigenvalue weighted by Crippen LogP contribution is 2.23. The van der Waals surface area contributed by atoms with E-state index in [1.165, 1.54) is 23.6 Å². The van der Waals surface area contributed by atoms with Crippen LogP contribution in [0.2, 0.25) is 0 Å². The van der Waals surface area contributed by atoms with Crippen LogP contribution in [0.25, 0.3) is 0 Å². The van der Waals surface area contributed by atoms with Crippen LogP contribution in [0.5, 0.6) is 0 Å². The second-order valence-corrected chi connectivity index (χ2v) is 8.34. The van der Waals surface area contributed by atoms with Gasteiger partial charge in [-0.3, -0.25) is 14.6 Å². The molecule has 1 aliphatic heterocycles. The van der Waals surface area contributed by atoms with Crippen molar-refractivity contribution in [1.29, 1.82) is 0 Å². The Hall–Kier alpha value is -3.17. The summed E-state index contributed by atoms with van der Waals surface area (Å²) in [5, 5.41) is 0. The minimum absolute atomic E-state index is 0.250. The Morgan fingerprint density at radius 1 is 1.15 bits per heavy atom. The molecule has 0 spiro atoms. The van der Waals surface area contributed by atoms with Crippen LogP contribution >= 0.6 is 0 Å². The van der Waals surface area contributed by atoms with Gasteiger partial charge in [-0.25, -0.2) is 9.59 Å². The van der Waals surface area contributed by atoms with E-state index in [1.807, 2.05) is 18.2 Å². The van der Waals surface area contributed by atoms with E-state index in [1.54, 1.807) is 27.1 Å². The number of carbonyl (C=O) groups excluding carboxylic acids is 4. The lowest BCUT2D eigenvalue weighted by atomic mass is 10.1. The van der Waals surface area contributed by atoms with Gasteiger partial charge >= 0.3 is 18.0 Å². The molecule has 0 saturated carbocycles. The predicted molar refractivity (Wildman–Crippen MR) is 118 cm³/mol. The molecule has 1 aromatic rings. The molecule has 10 heteroatoms. The van der Waals surface area contributed by atoms with E-state index in [4.69, 9.17) is 14.2 Å². The summed E-state index contributed by atoms with van der Waals surface area (Å²) in [6, 6.07) is 4.73. The molecule has 1 saturated heterocycles. The molecule has 0 radical (unpaired) electrons. The molecule has 33 heavy (non-hydrogen) atoms. The van der Waals surface area contributed by atoms with E-state index in [0.717, 1.165) is 5.69 Å². The van der Waals surface area contributed by atoms with Gasteiger partial charge in [0.1, 0.15) is 6.04 Å². The first kappa shape index (κ1) is 26.1. The second-order valence-electron chi connectivity index (χ2n) is 8.34. The zero-order valence-corrected chi connectivity index (χ0v) is 19.9. The second kappa shape index (κ2) is 12.2. The van der Waals surface area contributed by atoms with Gasteiger partial charge in [0.15, 0.2) is 6.10 Å². The van der Waals surface area contributed by atoms with Crippen LogP contribution in [0.3, 0.4) is 0 Å². The Balaban J connectivity index is 1.88. The van der Waals surface area contributed by atoms with E-state index in [9.17, 15) is 19.2 Å². The van der Waals surface area contributed by atoms with Crippen molar-refractivity contribution in [2.75, 3.05) is 20.1 Å². The number of nitrogens with zero attached hydrogens (tertiary/aromatic N) is 3. The normalized spacial score (nSPS) is 17.3. The van der Waals surface area contributed by atoms with Crippen molar-refractivity contribution in [3.63, 3.8) is 0 Å². The Morgan fingerprint density at radius 3 is 2.48 bits per heavy atom. The van der Waals surface area contributed by atoms with Crippen molar-refractivity contribution in [2.24, 2.45) is 5.92 Å². The highest BCUT2D eigenvalue weighted by atomic mass is 16.7. The lowest BCUT2D eigenvalue weighted by molar-refractivity contribution is -0.175. The molecule has 0 aromatic carbocycles. The number of ether oxygens (including phenoxy) is 3. The Labute approximate surface area is 194 Å². The summed E-state index contributed by atoms with van der Waals surface area (Å²) < 4.78 is 15.7. The molecule has 2 rings (SSSR count). The Morgan fingerprint density at radius 2 is 1.88 bits per heavy atom. The van der Waals surface area contributed by atoms with E-state index >= 15 is 0 Å². The maximum absolute atomic E-state index is 12.9. The summed E-state index contributed by atoms with van der Waals surface area (Å²) in [5.74, 6) is -1.91. The molecule has 0 aliphatic carbocycles. The fourth-order valence-electron chi connectivity index (χ4n) is 3.51. The Kier molecular flexibility index (Phi) is 9.62. The summed E-state index contributed by atoms with van der Waals surface area (Å²) in [6.07, 6.45) is 0.524. The average molecular weight is 464 g/mol. The summed E-state index contributed by atoms with van der Waals surface area (Å²) in [5.41, 5.74) is 0.844. The van der Waals surface area contributed by atoms with Crippen molar-refractivity contribution in [3.05, 3.63) is 30.1 Å². The molecule has 0 N–H and O–H groups in total. The zero-order chi connectivity index (χ0) is 24.5. The number of likely N-dealkylation sites (tertiary alicyclic amines) is 1. The van der Waals surface area contributed by atoms with Crippen LogP contribution in [-0.2, 0) is 35.0 Å². The zero-order valence-electron chi connectivity index (χ0n) is 19.9. The largest absolute Gasteiger partial charge is 0.452 e. The monoisotopic (exact) mass is 463 g/mol. The smallest absolute Gasteiger partial charge is 0.412 e. The van der Waals surface area contributed by atoms with Gasteiger partial charge in [0.25, 0.3) is 5.91 Å². The topological polar surface area (TPSA) is 115 Å². The van der Waals surface area contributed by atoms with Gasteiger partial charge in [-0.2, -0.15) is 0 Å². The number of amides is 2. The van der Waals surface area contributed by atoms with Crippen molar-refractivity contribution < 1.29 is 33.4 Å². The maximum atomic E-state index is 12.9. The molecule has 1 aliphatic rings. The molecule has 2 heterocycles. The van der Waals surface area contributed by atoms with Crippen molar-refractivity contribution in [2.45, 2.75) is 65.4 Å².